The highest BCUT2D eigenvalue weighted by Gasteiger charge is 2.11. The predicted molar refractivity (Wildman–Crippen MR) is 52.4 cm³/mol. The first-order valence-electron chi connectivity index (χ1n) is 4.10. The maximum Gasteiger partial charge on any atom is 0.335 e. The Kier molecular flexibility index (Phi) is 2.02. The average Bonchev–Trinajstić information content (AvgIpc) is 2.39. The van der Waals surface area contributed by atoms with E-state index in [4.69, 9.17) is 5.11 Å². The fourth-order valence-electron chi connectivity index (χ4n) is 1.19. The molecule has 0 atom stereocenters. The van der Waals surface area contributed by atoms with Crippen LogP contribution >= 0.6 is 0 Å². The Morgan fingerprint density at radius 2 is 2.14 bits per heavy atom. The highest BCUT2D eigenvalue weighted by atomic mass is 16.4. The van der Waals surface area contributed by atoms with E-state index in [1.807, 2.05) is 6.20 Å². The average molecular weight is 188 g/mol. The van der Waals surface area contributed by atoms with Crippen molar-refractivity contribution in [2.75, 3.05) is 0 Å². The SMILES string of the molecule is O=C(O)C1=CC=CN2C=CC=NC2=C1. The number of rotatable bonds is 1. The first-order chi connectivity index (χ1) is 6.77. The van der Waals surface area contributed by atoms with Gasteiger partial charge in [-0.25, -0.2) is 9.79 Å². The molecule has 0 bridgehead atoms. The van der Waals surface area contributed by atoms with Gasteiger partial charge in [-0.15, -0.1) is 0 Å². The van der Waals surface area contributed by atoms with Crippen LogP contribution in [0.15, 0.2) is 53.1 Å². The third-order valence-electron chi connectivity index (χ3n) is 1.86. The lowest BCUT2D eigenvalue weighted by atomic mass is 10.2. The van der Waals surface area contributed by atoms with Gasteiger partial charge in [0.15, 0.2) is 0 Å². The second kappa shape index (κ2) is 3.33. The third kappa shape index (κ3) is 1.50. The van der Waals surface area contributed by atoms with Gasteiger partial charge in [0.2, 0.25) is 0 Å². The van der Waals surface area contributed by atoms with Crippen molar-refractivity contribution in [3.05, 3.63) is 48.1 Å². The summed E-state index contributed by atoms with van der Waals surface area (Å²) < 4.78 is 0. The molecule has 4 heteroatoms. The van der Waals surface area contributed by atoms with Gasteiger partial charge in [-0.3, -0.25) is 0 Å². The molecule has 0 fully saturated rings. The minimum atomic E-state index is -0.950. The minimum absolute atomic E-state index is 0.228. The number of nitrogens with zero attached hydrogens (tertiary/aromatic N) is 2. The summed E-state index contributed by atoms with van der Waals surface area (Å²) in [5.74, 6) is -0.344. The van der Waals surface area contributed by atoms with E-state index < -0.39 is 5.97 Å². The molecule has 0 aromatic rings. The highest BCUT2D eigenvalue weighted by molar-refractivity contribution is 5.90. The number of hydrogen-bond acceptors (Lipinski definition) is 3. The molecule has 2 aliphatic rings. The van der Waals surface area contributed by atoms with Crippen LogP contribution in [0, 0.1) is 0 Å². The van der Waals surface area contributed by atoms with E-state index in [-0.39, 0.29) is 5.57 Å². The molecule has 2 heterocycles. The second-order valence-corrected chi connectivity index (χ2v) is 2.80. The summed E-state index contributed by atoms with van der Waals surface area (Å²) in [6, 6.07) is 0. The molecule has 1 N–H and O–H groups in total. The van der Waals surface area contributed by atoms with E-state index >= 15 is 0 Å². The molecule has 70 valence electrons. The lowest BCUT2D eigenvalue weighted by molar-refractivity contribution is -0.132. The number of hydrogen-bond donors (Lipinski definition) is 1. The van der Waals surface area contributed by atoms with Crippen LogP contribution in [0.25, 0.3) is 0 Å². The van der Waals surface area contributed by atoms with E-state index in [9.17, 15) is 4.79 Å². The fourth-order valence-corrected chi connectivity index (χ4v) is 1.19. The van der Waals surface area contributed by atoms with E-state index in [1.165, 1.54) is 12.2 Å². The van der Waals surface area contributed by atoms with Crippen LogP contribution < -0.4 is 0 Å². The molecule has 2 aliphatic heterocycles. The van der Waals surface area contributed by atoms with E-state index in [2.05, 4.69) is 4.99 Å². The fraction of sp³-hybridized carbons (Fsp3) is 0. The van der Waals surface area contributed by atoms with Crippen LogP contribution in [-0.4, -0.2) is 22.2 Å². The van der Waals surface area contributed by atoms with Crippen LogP contribution in [0.2, 0.25) is 0 Å². The Bertz CT molecular complexity index is 414. The van der Waals surface area contributed by atoms with Crippen molar-refractivity contribution in [1.82, 2.24) is 4.90 Å². The second-order valence-electron chi connectivity index (χ2n) is 2.80. The topological polar surface area (TPSA) is 52.9 Å². The maximum atomic E-state index is 10.7. The monoisotopic (exact) mass is 188 g/mol. The Labute approximate surface area is 80.9 Å². The van der Waals surface area contributed by atoms with Crippen molar-refractivity contribution >= 4 is 12.2 Å². The molecule has 0 unspecified atom stereocenters. The molecule has 2 rings (SSSR count). The summed E-state index contributed by atoms with van der Waals surface area (Å²) >= 11 is 0. The van der Waals surface area contributed by atoms with Crippen LogP contribution in [-0.2, 0) is 4.79 Å². The van der Waals surface area contributed by atoms with Crippen molar-refractivity contribution < 1.29 is 9.90 Å². The molecular weight excluding hydrogens is 180 g/mol. The molecule has 0 spiro atoms. The summed E-state index contributed by atoms with van der Waals surface area (Å²) in [6.45, 7) is 0. The molecule has 0 aliphatic carbocycles. The molecular formula is C10H8N2O2. The Morgan fingerprint density at radius 3 is 2.93 bits per heavy atom. The number of carbonyl (C=O) groups is 1. The minimum Gasteiger partial charge on any atom is -0.478 e. The molecule has 14 heavy (non-hydrogen) atoms. The molecule has 0 radical (unpaired) electrons. The van der Waals surface area contributed by atoms with Gasteiger partial charge in [0.25, 0.3) is 0 Å². The quantitative estimate of drug-likeness (QED) is 0.674. The molecule has 0 aromatic heterocycles. The number of carboxylic acids is 1. The zero-order chi connectivity index (χ0) is 9.97. The van der Waals surface area contributed by atoms with Gasteiger partial charge in [-0.1, -0.05) is 0 Å². The number of fused-ring (bicyclic) bond motifs is 1. The molecule has 0 saturated carbocycles. The molecule has 0 saturated heterocycles. The number of aliphatic imine (C=N–C) groups is 1. The molecule has 4 nitrogen and oxygen atoms in total. The van der Waals surface area contributed by atoms with Crippen molar-refractivity contribution in [2.24, 2.45) is 4.99 Å². The van der Waals surface area contributed by atoms with Gasteiger partial charge in [0.05, 0.1) is 5.57 Å². The Morgan fingerprint density at radius 1 is 1.36 bits per heavy atom. The van der Waals surface area contributed by atoms with E-state index in [0.29, 0.717) is 5.82 Å². The summed E-state index contributed by atoms with van der Waals surface area (Å²) in [6.07, 6.45) is 11.7. The van der Waals surface area contributed by atoms with Crippen LogP contribution in [0.5, 0.6) is 0 Å². The van der Waals surface area contributed by atoms with Crippen molar-refractivity contribution in [3.8, 4) is 0 Å². The highest BCUT2D eigenvalue weighted by Crippen LogP contribution is 2.17. The zero-order valence-corrected chi connectivity index (χ0v) is 7.29. The van der Waals surface area contributed by atoms with Crippen molar-refractivity contribution in [1.29, 1.82) is 0 Å². The largest absolute Gasteiger partial charge is 0.478 e. The van der Waals surface area contributed by atoms with Crippen LogP contribution in [0.4, 0.5) is 0 Å². The number of allylic oxidation sites excluding steroid dienone is 3. The van der Waals surface area contributed by atoms with Crippen LogP contribution in [0.1, 0.15) is 0 Å². The van der Waals surface area contributed by atoms with Gasteiger partial charge < -0.3 is 10.0 Å². The number of aliphatic carboxylic acids is 1. The smallest absolute Gasteiger partial charge is 0.335 e. The summed E-state index contributed by atoms with van der Waals surface area (Å²) in [4.78, 5) is 16.6. The van der Waals surface area contributed by atoms with E-state index in [0.717, 1.165) is 0 Å². The standard InChI is InChI=1S/C10H8N2O2/c13-10(14)8-3-1-5-12-6-2-4-11-9(12)7-8/h1-7H,(H,13,14). The lowest BCUT2D eigenvalue weighted by Gasteiger charge is -2.16. The molecule has 0 aromatic carbocycles. The zero-order valence-electron chi connectivity index (χ0n) is 7.29. The van der Waals surface area contributed by atoms with Crippen molar-refractivity contribution in [2.45, 2.75) is 0 Å². The van der Waals surface area contributed by atoms with Gasteiger partial charge in [-0.05, 0) is 24.3 Å². The molecule has 0 amide bonds. The van der Waals surface area contributed by atoms with Gasteiger partial charge >= 0.3 is 5.97 Å². The van der Waals surface area contributed by atoms with Gasteiger partial charge in [0, 0.05) is 18.6 Å². The third-order valence-corrected chi connectivity index (χ3v) is 1.86. The first-order valence-corrected chi connectivity index (χ1v) is 4.10. The van der Waals surface area contributed by atoms with Gasteiger partial charge in [0.1, 0.15) is 5.82 Å². The van der Waals surface area contributed by atoms with Crippen molar-refractivity contribution in [3.63, 3.8) is 0 Å². The maximum absolute atomic E-state index is 10.7. The normalized spacial score (nSPS) is 18.4. The summed E-state index contributed by atoms with van der Waals surface area (Å²) in [5, 5.41) is 8.82. The summed E-state index contributed by atoms with van der Waals surface area (Å²) in [7, 11) is 0. The predicted octanol–water partition coefficient (Wildman–Crippen LogP) is 1.27. The Balaban J connectivity index is 2.40. The van der Waals surface area contributed by atoms with Crippen LogP contribution in [0.3, 0.4) is 0 Å². The Hall–Kier alpha value is -2.10. The van der Waals surface area contributed by atoms with E-state index in [1.54, 1.807) is 29.5 Å². The number of carboxylic acid groups (broad SMARTS) is 1. The summed E-state index contributed by atoms with van der Waals surface area (Å²) in [5.41, 5.74) is 0.228. The van der Waals surface area contributed by atoms with Gasteiger partial charge in [-0.2, -0.15) is 0 Å². The first kappa shape index (κ1) is 8.50. The lowest BCUT2D eigenvalue weighted by Crippen LogP contribution is -2.10.